The summed E-state index contributed by atoms with van der Waals surface area (Å²) < 4.78 is 0. The Morgan fingerprint density at radius 2 is 1.93 bits per heavy atom. The molecule has 2 aromatic carbocycles. The Morgan fingerprint density at radius 3 is 2.66 bits per heavy atom. The lowest BCUT2D eigenvalue weighted by molar-refractivity contribution is -0.133. The Labute approximate surface area is 172 Å². The Kier molecular flexibility index (Phi) is 5.22. The highest BCUT2D eigenvalue weighted by molar-refractivity contribution is 6.31. The maximum Gasteiger partial charge on any atom is 0.268 e. The molecule has 1 atom stereocenters. The Hall–Kier alpha value is -3.32. The molecule has 2 heterocycles. The summed E-state index contributed by atoms with van der Waals surface area (Å²) >= 11 is 6.01. The van der Waals surface area contributed by atoms with Crippen LogP contribution in [0.1, 0.15) is 16.1 Å². The average Bonchev–Trinajstić information content (AvgIpc) is 3.10. The van der Waals surface area contributed by atoms with Crippen LogP contribution in [0.15, 0.2) is 59.8 Å². The van der Waals surface area contributed by atoms with Crippen molar-refractivity contribution in [1.82, 2.24) is 15.2 Å². The fourth-order valence-corrected chi connectivity index (χ4v) is 3.53. The van der Waals surface area contributed by atoms with E-state index in [-0.39, 0.29) is 24.9 Å². The van der Waals surface area contributed by atoms with Gasteiger partial charge in [-0.2, -0.15) is 0 Å². The molecule has 3 N–H and O–H groups in total. The first-order valence-corrected chi connectivity index (χ1v) is 9.53. The molecular weight excluding hydrogens is 392 g/mol. The highest BCUT2D eigenvalue weighted by Crippen LogP contribution is 2.20. The van der Waals surface area contributed by atoms with Crippen molar-refractivity contribution in [2.75, 3.05) is 13.1 Å². The zero-order valence-electron chi connectivity index (χ0n) is 15.4. The summed E-state index contributed by atoms with van der Waals surface area (Å²) in [6, 6.07) is 15.8. The van der Waals surface area contributed by atoms with Crippen LogP contribution < -0.4 is 5.32 Å². The predicted molar refractivity (Wildman–Crippen MR) is 111 cm³/mol. The van der Waals surface area contributed by atoms with Crippen LogP contribution in [0.25, 0.3) is 10.9 Å². The van der Waals surface area contributed by atoms with Gasteiger partial charge < -0.3 is 20.4 Å². The number of likely N-dealkylation sites (tertiary alicyclic amines) is 1. The third kappa shape index (κ3) is 4.09. The van der Waals surface area contributed by atoms with E-state index in [1.165, 1.54) is 0 Å². The fraction of sp³-hybridized carbons (Fsp3) is 0.190. The first kappa shape index (κ1) is 19.0. The zero-order valence-corrected chi connectivity index (χ0v) is 16.2. The zero-order chi connectivity index (χ0) is 20.4. The average molecular weight is 411 g/mol. The first-order valence-electron chi connectivity index (χ1n) is 9.15. The van der Waals surface area contributed by atoms with Crippen LogP contribution >= 0.6 is 11.6 Å². The molecule has 0 radical (unpaired) electrons. The number of carbonyl (C=O) groups excluding carboxylic acids is 2. The number of aromatic nitrogens is 1. The smallest absolute Gasteiger partial charge is 0.268 e. The topological polar surface area (TPSA) is 97.8 Å². The Morgan fingerprint density at radius 1 is 1.17 bits per heavy atom. The molecule has 1 aliphatic heterocycles. The Bertz CT molecular complexity index is 1090. The van der Waals surface area contributed by atoms with Gasteiger partial charge in [0.2, 0.25) is 5.91 Å². The van der Waals surface area contributed by atoms with E-state index in [4.69, 9.17) is 16.8 Å². The SMILES string of the molecule is O=C(N[C@@H](Cc1ccccc1)C(=O)N1CC(=NO)C1)c1cc2cc(Cl)ccc2[nH]1. The van der Waals surface area contributed by atoms with Crippen LogP contribution in [0.4, 0.5) is 0 Å². The second kappa shape index (κ2) is 7.97. The number of hydrogen-bond acceptors (Lipinski definition) is 4. The van der Waals surface area contributed by atoms with E-state index in [0.29, 0.717) is 22.8 Å². The summed E-state index contributed by atoms with van der Waals surface area (Å²) in [6.45, 7) is 0.531. The number of amides is 2. The number of benzene rings is 2. The summed E-state index contributed by atoms with van der Waals surface area (Å²) in [7, 11) is 0. The van der Waals surface area contributed by atoms with Crippen molar-refractivity contribution in [2.24, 2.45) is 5.16 Å². The monoisotopic (exact) mass is 410 g/mol. The predicted octanol–water partition coefficient (Wildman–Crippen LogP) is 2.83. The van der Waals surface area contributed by atoms with Crippen LogP contribution in [0.3, 0.4) is 0 Å². The van der Waals surface area contributed by atoms with Gasteiger partial charge >= 0.3 is 0 Å². The molecule has 2 amide bonds. The molecular formula is C21H19ClN4O3. The third-order valence-corrected chi connectivity index (χ3v) is 5.15. The maximum atomic E-state index is 12.9. The number of fused-ring (bicyclic) bond motifs is 1. The van der Waals surface area contributed by atoms with E-state index >= 15 is 0 Å². The van der Waals surface area contributed by atoms with Gasteiger partial charge in [-0.15, -0.1) is 0 Å². The van der Waals surface area contributed by atoms with Crippen molar-refractivity contribution >= 4 is 40.0 Å². The molecule has 7 nitrogen and oxygen atoms in total. The molecule has 0 spiro atoms. The number of carbonyl (C=O) groups is 2. The van der Waals surface area contributed by atoms with Gasteiger partial charge in [0.1, 0.15) is 11.7 Å². The van der Waals surface area contributed by atoms with E-state index in [1.54, 1.807) is 29.2 Å². The first-order chi connectivity index (χ1) is 14.0. The van der Waals surface area contributed by atoms with Crippen molar-refractivity contribution < 1.29 is 14.8 Å². The number of H-pyrrole nitrogens is 1. The van der Waals surface area contributed by atoms with Gasteiger partial charge in [0.25, 0.3) is 5.91 Å². The van der Waals surface area contributed by atoms with E-state index < -0.39 is 6.04 Å². The van der Waals surface area contributed by atoms with E-state index in [1.807, 2.05) is 30.3 Å². The number of halogens is 1. The molecule has 0 saturated carbocycles. The van der Waals surface area contributed by atoms with Crippen LogP contribution in [0.5, 0.6) is 0 Å². The largest absolute Gasteiger partial charge is 0.411 e. The minimum Gasteiger partial charge on any atom is -0.411 e. The van der Waals surface area contributed by atoms with Crippen molar-refractivity contribution in [1.29, 1.82) is 0 Å². The van der Waals surface area contributed by atoms with Crippen molar-refractivity contribution in [3.05, 3.63) is 70.9 Å². The number of nitrogens with one attached hydrogen (secondary N) is 2. The van der Waals surface area contributed by atoms with Crippen LogP contribution in [-0.4, -0.2) is 51.7 Å². The Balaban J connectivity index is 1.54. The van der Waals surface area contributed by atoms with Gasteiger partial charge in [0.05, 0.1) is 18.8 Å². The number of nitrogens with zero attached hydrogens (tertiary/aromatic N) is 2. The van der Waals surface area contributed by atoms with E-state index in [2.05, 4.69) is 15.5 Å². The molecule has 148 valence electrons. The number of rotatable bonds is 5. The van der Waals surface area contributed by atoms with Gasteiger partial charge in [-0.25, -0.2) is 0 Å². The molecule has 0 bridgehead atoms. The molecule has 3 aromatic rings. The molecule has 1 aromatic heterocycles. The summed E-state index contributed by atoms with van der Waals surface area (Å²) in [4.78, 5) is 30.4. The molecule has 29 heavy (non-hydrogen) atoms. The van der Waals surface area contributed by atoms with Gasteiger partial charge in [0, 0.05) is 22.3 Å². The standard InChI is InChI=1S/C21H19ClN4O3/c22-15-6-7-17-14(9-15)10-18(23-17)20(27)24-19(8-13-4-2-1-3-5-13)21(28)26-11-16(12-26)25-29/h1-7,9-10,19,23,29H,8,11-12H2,(H,24,27)/t19-/m0/s1. The summed E-state index contributed by atoms with van der Waals surface area (Å²) in [5.41, 5.74) is 2.62. The second-order valence-electron chi connectivity index (χ2n) is 6.99. The second-order valence-corrected chi connectivity index (χ2v) is 7.43. The normalized spacial score (nSPS) is 14.4. The lowest BCUT2D eigenvalue weighted by Crippen LogP contribution is -2.58. The maximum absolute atomic E-state index is 12.9. The summed E-state index contributed by atoms with van der Waals surface area (Å²) in [5.74, 6) is -0.586. The lowest BCUT2D eigenvalue weighted by atomic mass is 10.0. The van der Waals surface area contributed by atoms with Crippen LogP contribution in [-0.2, 0) is 11.2 Å². The molecule has 0 unspecified atom stereocenters. The van der Waals surface area contributed by atoms with Crippen molar-refractivity contribution in [3.8, 4) is 0 Å². The minimum atomic E-state index is -0.736. The minimum absolute atomic E-state index is 0.214. The summed E-state index contributed by atoms with van der Waals surface area (Å²) in [6.07, 6.45) is 0.361. The van der Waals surface area contributed by atoms with Gasteiger partial charge in [0.15, 0.2) is 0 Å². The molecule has 1 saturated heterocycles. The highest BCUT2D eigenvalue weighted by atomic mass is 35.5. The van der Waals surface area contributed by atoms with E-state index in [9.17, 15) is 9.59 Å². The highest BCUT2D eigenvalue weighted by Gasteiger charge is 2.33. The van der Waals surface area contributed by atoms with Crippen LogP contribution in [0, 0.1) is 0 Å². The molecule has 1 aliphatic rings. The number of oxime groups is 1. The van der Waals surface area contributed by atoms with Crippen LogP contribution in [0.2, 0.25) is 5.02 Å². The quantitative estimate of drug-likeness (QED) is 0.445. The lowest BCUT2D eigenvalue weighted by Gasteiger charge is -2.34. The van der Waals surface area contributed by atoms with E-state index in [0.717, 1.165) is 16.5 Å². The van der Waals surface area contributed by atoms with Gasteiger partial charge in [-0.05, 0) is 29.8 Å². The number of hydrogen-bond donors (Lipinski definition) is 3. The van der Waals surface area contributed by atoms with Crippen molar-refractivity contribution in [2.45, 2.75) is 12.5 Å². The van der Waals surface area contributed by atoms with Gasteiger partial charge in [-0.3, -0.25) is 9.59 Å². The van der Waals surface area contributed by atoms with Crippen molar-refractivity contribution in [3.63, 3.8) is 0 Å². The number of aromatic amines is 1. The molecule has 1 fully saturated rings. The molecule has 8 heteroatoms. The van der Waals surface area contributed by atoms with Gasteiger partial charge in [-0.1, -0.05) is 47.1 Å². The molecule has 0 aliphatic carbocycles. The summed E-state index contributed by atoms with van der Waals surface area (Å²) in [5, 5.41) is 16.2. The third-order valence-electron chi connectivity index (χ3n) is 4.91. The molecule has 4 rings (SSSR count). The fourth-order valence-electron chi connectivity index (χ4n) is 3.35.